The first kappa shape index (κ1) is 19.7. The number of carboxylic acids is 1. The first-order valence-electron chi connectivity index (χ1n) is 8.58. The number of aliphatic carboxylic acids is 1. The van der Waals surface area contributed by atoms with Gasteiger partial charge in [-0.25, -0.2) is 17.9 Å². The minimum atomic E-state index is -3.63. The molecule has 0 amide bonds. The molecule has 2 N–H and O–H groups in total. The molecule has 6 nitrogen and oxygen atoms in total. The summed E-state index contributed by atoms with van der Waals surface area (Å²) >= 11 is 5.81. The van der Waals surface area contributed by atoms with E-state index in [0.717, 1.165) is 30.4 Å². The van der Waals surface area contributed by atoms with Gasteiger partial charge in [-0.1, -0.05) is 23.7 Å². The molecular formula is C19H20ClNO5S. The highest BCUT2D eigenvalue weighted by Gasteiger charge is 2.25. The molecule has 0 bridgehead atoms. The molecule has 27 heavy (non-hydrogen) atoms. The van der Waals surface area contributed by atoms with Crippen molar-refractivity contribution >= 4 is 27.6 Å². The Bertz CT molecular complexity index is 928. The number of nitrogens with one attached hydrogen (secondary N) is 1. The van der Waals surface area contributed by atoms with Crippen LogP contribution in [0.2, 0.25) is 5.02 Å². The summed E-state index contributed by atoms with van der Waals surface area (Å²) in [6.45, 7) is -0.134. The van der Waals surface area contributed by atoms with E-state index in [1.165, 1.54) is 24.3 Å². The Labute approximate surface area is 163 Å². The van der Waals surface area contributed by atoms with Crippen molar-refractivity contribution in [1.82, 2.24) is 4.72 Å². The van der Waals surface area contributed by atoms with Crippen molar-refractivity contribution in [3.05, 3.63) is 58.6 Å². The minimum absolute atomic E-state index is 0.00389. The Balaban J connectivity index is 1.75. The van der Waals surface area contributed by atoms with Crippen LogP contribution in [0.4, 0.5) is 0 Å². The predicted octanol–water partition coefficient (Wildman–Crippen LogP) is 3.20. The van der Waals surface area contributed by atoms with Gasteiger partial charge in [0.2, 0.25) is 10.0 Å². The van der Waals surface area contributed by atoms with Crippen LogP contribution in [-0.4, -0.2) is 32.6 Å². The van der Waals surface area contributed by atoms with Crippen molar-refractivity contribution in [2.45, 2.75) is 30.1 Å². The number of carboxylic acid groups (broad SMARTS) is 1. The van der Waals surface area contributed by atoms with E-state index < -0.39 is 22.6 Å². The molecular weight excluding hydrogens is 390 g/mol. The molecule has 1 aliphatic carbocycles. The highest BCUT2D eigenvalue weighted by molar-refractivity contribution is 7.89. The summed E-state index contributed by atoms with van der Waals surface area (Å²) in [6.07, 6.45) is 2.51. The molecule has 0 heterocycles. The average Bonchev–Trinajstić information content (AvgIpc) is 2.65. The number of carbonyl (C=O) groups is 1. The zero-order chi connectivity index (χ0) is 19.4. The molecule has 0 spiro atoms. The largest absolute Gasteiger partial charge is 0.482 e. The van der Waals surface area contributed by atoms with E-state index >= 15 is 0 Å². The molecule has 0 saturated heterocycles. The van der Waals surface area contributed by atoms with Gasteiger partial charge < -0.3 is 9.84 Å². The number of halogens is 1. The monoisotopic (exact) mass is 409 g/mol. The van der Waals surface area contributed by atoms with Gasteiger partial charge >= 0.3 is 5.97 Å². The topological polar surface area (TPSA) is 92.7 Å². The SMILES string of the molecule is O=C(O)COc1cccc2c1CCCC2CNS(=O)(=O)c1ccc(Cl)cc1. The van der Waals surface area contributed by atoms with Gasteiger partial charge in [-0.2, -0.15) is 0 Å². The number of benzene rings is 2. The van der Waals surface area contributed by atoms with Crippen LogP contribution < -0.4 is 9.46 Å². The maximum atomic E-state index is 12.5. The zero-order valence-corrected chi connectivity index (χ0v) is 16.1. The lowest BCUT2D eigenvalue weighted by Gasteiger charge is -2.27. The van der Waals surface area contributed by atoms with Crippen LogP contribution in [0.1, 0.15) is 29.9 Å². The first-order chi connectivity index (χ1) is 12.9. The summed E-state index contributed by atoms with van der Waals surface area (Å²) < 4.78 is 33.1. The summed E-state index contributed by atoms with van der Waals surface area (Å²) in [5.74, 6) is -0.472. The van der Waals surface area contributed by atoms with E-state index in [-0.39, 0.29) is 17.4 Å². The number of hydrogen-bond acceptors (Lipinski definition) is 4. The summed E-state index contributed by atoms with van der Waals surface area (Å²) in [7, 11) is -3.63. The van der Waals surface area contributed by atoms with Crippen LogP contribution in [0.3, 0.4) is 0 Å². The summed E-state index contributed by atoms with van der Waals surface area (Å²) in [5.41, 5.74) is 1.96. The second-order valence-electron chi connectivity index (χ2n) is 6.40. The lowest BCUT2D eigenvalue weighted by Crippen LogP contribution is -2.30. The molecule has 0 aliphatic heterocycles. The average molecular weight is 410 g/mol. The molecule has 144 valence electrons. The maximum absolute atomic E-state index is 12.5. The third-order valence-corrected chi connectivity index (χ3v) is 6.27. The van der Waals surface area contributed by atoms with E-state index in [4.69, 9.17) is 21.4 Å². The number of sulfonamides is 1. The van der Waals surface area contributed by atoms with E-state index in [1.807, 2.05) is 12.1 Å². The Morgan fingerprint density at radius 2 is 1.96 bits per heavy atom. The number of fused-ring (bicyclic) bond motifs is 1. The first-order valence-corrected chi connectivity index (χ1v) is 10.4. The Morgan fingerprint density at radius 3 is 2.67 bits per heavy atom. The van der Waals surface area contributed by atoms with Crippen LogP contribution in [0.25, 0.3) is 0 Å². The zero-order valence-electron chi connectivity index (χ0n) is 14.5. The summed E-state index contributed by atoms with van der Waals surface area (Å²) in [5, 5.41) is 9.30. The van der Waals surface area contributed by atoms with Crippen molar-refractivity contribution < 1.29 is 23.1 Å². The van der Waals surface area contributed by atoms with Crippen LogP contribution in [-0.2, 0) is 21.2 Å². The number of rotatable bonds is 7. The lowest BCUT2D eigenvalue weighted by molar-refractivity contribution is -0.139. The summed E-state index contributed by atoms with van der Waals surface area (Å²) in [6, 6.07) is 11.5. The van der Waals surface area contributed by atoms with E-state index in [1.54, 1.807) is 6.07 Å². The van der Waals surface area contributed by atoms with Gasteiger partial charge in [-0.3, -0.25) is 0 Å². The predicted molar refractivity (Wildman–Crippen MR) is 102 cm³/mol. The van der Waals surface area contributed by atoms with Gasteiger partial charge in [-0.15, -0.1) is 0 Å². The molecule has 3 rings (SSSR count). The molecule has 0 aromatic heterocycles. The van der Waals surface area contributed by atoms with Crippen LogP contribution in [0.5, 0.6) is 5.75 Å². The standard InChI is InChI=1S/C19H20ClNO5S/c20-14-7-9-15(10-8-14)27(24,25)21-11-13-3-1-5-17-16(13)4-2-6-18(17)26-12-19(22)23/h2,4,6-10,13,21H,1,3,5,11-12H2,(H,22,23). The normalized spacial score (nSPS) is 16.6. The van der Waals surface area contributed by atoms with E-state index in [2.05, 4.69) is 4.72 Å². The van der Waals surface area contributed by atoms with Crippen molar-refractivity contribution in [1.29, 1.82) is 0 Å². The maximum Gasteiger partial charge on any atom is 0.341 e. The van der Waals surface area contributed by atoms with Gasteiger partial charge in [0.15, 0.2) is 6.61 Å². The molecule has 2 aromatic carbocycles. The molecule has 0 saturated carbocycles. The number of ether oxygens (including phenoxy) is 1. The highest BCUT2D eigenvalue weighted by Crippen LogP contribution is 2.36. The van der Waals surface area contributed by atoms with Crippen LogP contribution in [0, 0.1) is 0 Å². The Hall–Kier alpha value is -2.09. The molecule has 8 heteroatoms. The number of hydrogen-bond donors (Lipinski definition) is 2. The molecule has 1 aliphatic rings. The fourth-order valence-electron chi connectivity index (χ4n) is 3.31. The molecule has 0 radical (unpaired) electrons. The Morgan fingerprint density at radius 1 is 1.22 bits per heavy atom. The van der Waals surface area contributed by atoms with Crippen molar-refractivity contribution in [2.75, 3.05) is 13.2 Å². The van der Waals surface area contributed by atoms with E-state index in [0.29, 0.717) is 10.8 Å². The fraction of sp³-hybridized carbons (Fsp3) is 0.316. The molecule has 2 aromatic rings. The quantitative estimate of drug-likeness (QED) is 0.732. The molecule has 1 atom stereocenters. The van der Waals surface area contributed by atoms with Gasteiger partial charge in [0, 0.05) is 11.6 Å². The highest BCUT2D eigenvalue weighted by atomic mass is 35.5. The molecule has 1 unspecified atom stereocenters. The van der Waals surface area contributed by atoms with Crippen LogP contribution in [0.15, 0.2) is 47.4 Å². The van der Waals surface area contributed by atoms with Gasteiger partial charge in [0.25, 0.3) is 0 Å². The Kier molecular flexibility index (Phi) is 6.04. The second-order valence-corrected chi connectivity index (χ2v) is 8.60. The smallest absolute Gasteiger partial charge is 0.341 e. The van der Waals surface area contributed by atoms with Crippen molar-refractivity contribution in [2.24, 2.45) is 0 Å². The van der Waals surface area contributed by atoms with Gasteiger partial charge in [0.05, 0.1) is 4.90 Å². The third-order valence-electron chi connectivity index (χ3n) is 4.58. The lowest BCUT2D eigenvalue weighted by atomic mass is 9.82. The summed E-state index contributed by atoms with van der Waals surface area (Å²) in [4.78, 5) is 10.9. The van der Waals surface area contributed by atoms with Gasteiger partial charge in [0.1, 0.15) is 5.75 Å². The van der Waals surface area contributed by atoms with Gasteiger partial charge in [-0.05, 0) is 66.6 Å². The van der Waals surface area contributed by atoms with Crippen molar-refractivity contribution in [3.8, 4) is 5.75 Å². The fourth-order valence-corrected chi connectivity index (χ4v) is 4.52. The second kappa shape index (κ2) is 8.29. The molecule has 0 fully saturated rings. The van der Waals surface area contributed by atoms with Crippen LogP contribution >= 0.6 is 11.6 Å². The third kappa shape index (κ3) is 4.80. The van der Waals surface area contributed by atoms with Crippen molar-refractivity contribution in [3.63, 3.8) is 0 Å². The van der Waals surface area contributed by atoms with E-state index in [9.17, 15) is 13.2 Å². The minimum Gasteiger partial charge on any atom is -0.482 e.